The van der Waals surface area contributed by atoms with E-state index in [-0.39, 0.29) is 24.3 Å². The van der Waals surface area contributed by atoms with Crippen LogP contribution in [0.15, 0.2) is 48.8 Å². The number of carbonyl (C=O) groups excluding carboxylic acids is 2. The molecule has 2 N–H and O–H groups in total. The van der Waals surface area contributed by atoms with Gasteiger partial charge in [-0.25, -0.2) is 0 Å². The predicted octanol–water partition coefficient (Wildman–Crippen LogP) is 2.27. The number of hydrogen-bond donors (Lipinski definition) is 2. The third-order valence-electron chi connectivity index (χ3n) is 3.46. The number of nitrogens with zero attached hydrogens (tertiary/aromatic N) is 1. The molecule has 0 spiro atoms. The van der Waals surface area contributed by atoms with Crippen molar-refractivity contribution in [1.82, 2.24) is 15.6 Å². The zero-order valence-corrected chi connectivity index (χ0v) is 13.4. The van der Waals surface area contributed by atoms with Gasteiger partial charge in [-0.05, 0) is 24.1 Å². The van der Waals surface area contributed by atoms with Crippen molar-refractivity contribution < 1.29 is 9.59 Å². The maximum absolute atomic E-state index is 12.2. The molecule has 120 valence electrons. The number of benzene rings is 1. The van der Waals surface area contributed by atoms with Gasteiger partial charge in [-0.1, -0.05) is 35.9 Å². The molecule has 5 heteroatoms. The van der Waals surface area contributed by atoms with E-state index in [2.05, 4.69) is 15.6 Å². The standard InChI is InChI=1S/C18H21N3O2/c1-13-5-7-16(8-6-13)17(21-14(2)22)10-18(23)20-12-15-4-3-9-19-11-15/h3-9,11,17H,10,12H2,1-2H3,(H,20,23)(H,21,22). The molecule has 0 aliphatic heterocycles. The lowest BCUT2D eigenvalue weighted by atomic mass is 10.0. The second-order valence-corrected chi connectivity index (χ2v) is 5.51. The minimum atomic E-state index is -0.331. The average Bonchev–Trinajstić information content (AvgIpc) is 2.53. The number of rotatable bonds is 6. The third-order valence-corrected chi connectivity index (χ3v) is 3.46. The van der Waals surface area contributed by atoms with Gasteiger partial charge in [-0.3, -0.25) is 14.6 Å². The van der Waals surface area contributed by atoms with E-state index in [1.807, 2.05) is 43.3 Å². The summed E-state index contributed by atoms with van der Waals surface area (Å²) in [5.74, 6) is -0.274. The Morgan fingerprint density at radius 2 is 1.91 bits per heavy atom. The fourth-order valence-electron chi connectivity index (χ4n) is 2.26. The summed E-state index contributed by atoms with van der Waals surface area (Å²) in [6, 6.07) is 11.2. The molecule has 0 radical (unpaired) electrons. The highest BCUT2D eigenvalue weighted by atomic mass is 16.2. The van der Waals surface area contributed by atoms with Crippen LogP contribution in [0.5, 0.6) is 0 Å². The molecule has 0 saturated carbocycles. The summed E-state index contributed by atoms with van der Waals surface area (Å²) < 4.78 is 0. The summed E-state index contributed by atoms with van der Waals surface area (Å²) in [6.07, 6.45) is 3.60. The minimum absolute atomic E-state index is 0.117. The van der Waals surface area contributed by atoms with Crippen LogP contribution < -0.4 is 10.6 Å². The molecule has 1 aromatic heterocycles. The van der Waals surface area contributed by atoms with Gasteiger partial charge in [0.05, 0.1) is 12.5 Å². The van der Waals surface area contributed by atoms with Crippen LogP contribution in [-0.4, -0.2) is 16.8 Å². The molecule has 23 heavy (non-hydrogen) atoms. The fourth-order valence-corrected chi connectivity index (χ4v) is 2.26. The normalized spacial score (nSPS) is 11.6. The van der Waals surface area contributed by atoms with Crippen molar-refractivity contribution >= 4 is 11.8 Å². The van der Waals surface area contributed by atoms with Crippen molar-refractivity contribution in [3.63, 3.8) is 0 Å². The minimum Gasteiger partial charge on any atom is -0.352 e. The molecule has 5 nitrogen and oxygen atoms in total. The van der Waals surface area contributed by atoms with E-state index in [0.29, 0.717) is 6.54 Å². The van der Waals surface area contributed by atoms with Crippen molar-refractivity contribution in [3.8, 4) is 0 Å². The highest BCUT2D eigenvalue weighted by Gasteiger charge is 2.16. The molecular formula is C18H21N3O2. The van der Waals surface area contributed by atoms with Gasteiger partial charge < -0.3 is 10.6 Å². The molecule has 0 aliphatic carbocycles. The molecule has 0 fully saturated rings. The zero-order valence-electron chi connectivity index (χ0n) is 13.4. The Kier molecular flexibility index (Phi) is 5.86. The van der Waals surface area contributed by atoms with Crippen LogP contribution in [0.3, 0.4) is 0 Å². The first-order chi connectivity index (χ1) is 11.0. The molecule has 2 amide bonds. The molecule has 0 aliphatic rings. The van der Waals surface area contributed by atoms with Gasteiger partial charge in [-0.15, -0.1) is 0 Å². The molecule has 0 bridgehead atoms. The zero-order chi connectivity index (χ0) is 16.7. The second-order valence-electron chi connectivity index (χ2n) is 5.51. The number of pyridine rings is 1. The number of aromatic nitrogens is 1. The van der Waals surface area contributed by atoms with Crippen LogP contribution in [-0.2, 0) is 16.1 Å². The Balaban J connectivity index is 1.98. The van der Waals surface area contributed by atoms with E-state index in [9.17, 15) is 9.59 Å². The summed E-state index contributed by atoms with van der Waals surface area (Å²) >= 11 is 0. The second kappa shape index (κ2) is 8.08. The Labute approximate surface area is 136 Å². The maximum Gasteiger partial charge on any atom is 0.222 e. The quantitative estimate of drug-likeness (QED) is 0.859. The Morgan fingerprint density at radius 3 is 2.52 bits per heavy atom. The van der Waals surface area contributed by atoms with Gasteiger partial charge in [0, 0.05) is 25.9 Å². The molecule has 1 heterocycles. The lowest BCUT2D eigenvalue weighted by Gasteiger charge is -2.18. The van der Waals surface area contributed by atoms with Crippen molar-refractivity contribution in [2.45, 2.75) is 32.9 Å². The summed E-state index contributed by atoms with van der Waals surface area (Å²) in [4.78, 5) is 27.6. The van der Waals surface area contributed by atoms with Crippen LogP contribution in [0.2, 0.25) is 0 Å². The molecule has 2 aromatic rings. The van der Waals surface area contributed by atoms with E-state index in [4.69, 9.17) is 0 Å². The third kappa shape index (κ3) is 5.54. The highest BCUT2D eigenvalue weighted by molar-refractivity contribution is 5.79. The Morgan fingerprint density at radius 1 is 1.17 bits per heavy atom. The Bertz CT molecular complexity index is 654. The van der Waals surface area contributed by atoms with E-state index in [0.717, 1.165) is 16.7 Å². The molecule has 0 saturated heterocycles. The number of aryl methyl sites for hydroxylation is 1. The smallest absolute Gasteiger partial charge is 0.222 e. The molecule has 2 rings (SSSR count). The van der Waals surface area contributed by atoms with E-state index >= 15 is 0 Å². The van der Waals surface area contributed by atoms with Gasteiger partial charge >= 0.3 is 0 Å². The number of carbonyl (C=O) groups is 2. The van der Waals surface area contributed by atoms with Gasteiger partial charge in [0.15, 0.2) is 0 Å². The summed E-state index contributed by atoms with van der Waals surface area (Å²) in [7, 11) is 0. The SMILES string of the molecule is CC(=O)NC(CC(=O)NCc1cccnc1)c1ccc(C)cc1. The van der Waals surface area contributed by atoms with Gasteiger partial charge in [0.2, 0.25) is 11.8 Å². The van der Waals surface area contributed by atoms with Gasteiger partial charge in [0.25, 0.3) is 0 Å². The number of hydrogen-bond acceptors (Lipinski definition) is 3. The first-order valence-corrected chi connectivity index (χ1v) is 7.54. The van der Waals surface area contributed by atoms with Crippen LogP contribution >= 0.6 is 0 Å². The first-order valence-electron chi connectivity index (χ1n) is 7.54. The molecule has 1 atom stereocenters. The highest BCUT2D eigenvalue weighted by Crippen LogP contribution is 2.17. The van der Waals surface area contributed by atoms with Crippen LogP contribution in [0.25, 0.3) is 0 Å². The predicted molar refractivity (Wildman–Crippen MR) is 88.4 cm³/mol. The van der Waals surface area contributed by atoms with Crippen molar-refractivity contribution in [2.24, 2.45) is 0 Å². The lowest BCUT2D eigenvalue weighted by molar-refractivity contribution is -0.122. The molecule has 1 aromatic carbocycles. The Hall–Kier alpha value is -2.69. The monoisotopic (exact) mass is 311 g/mol. The molecular weight excluding hydrogens is 290 g/mol. The van der Waals surface area contributed by atoms with E-state index in [1.54, 1.807) is 12.4 Å². The van der Waals surface area contributed by atoms with Crippen molar-refractivity contribution in [1.29, 1.82) is 0 Å². The van der Waals surface area contributed by atoms with E-state index in [1.165, 1.54) is 6.92 Å². The van der Waals surface area contributed by atoms with Crippen molar-refractivity contribution in [2.75, 3.05) is 0 Å². The lowest BCUT2D eigenvalue weighted by Crippen LogP contribution is -2.32. The fraction of sp³-hybridized carbons (Fsp3) is 0.278. The van der Waals surface area contributed by atoms with Crippen LogP contribution in [0, 0.1) is 6.92 Å². The number of amides is 2. The van der Waals surface area contributed by atoms with Crippen molar-refractivity contribution in [3.05, 3.63) is 65.5 Å². The van der Waals surface area contributed by atoms with Crippen LogP contribution in [0.4, 0.5) is 0 Å². The summed E-state index contributed by atoms with van der Waals surface area (Å²) in [6.45, 7) is 3.87. The summed E-state index contributed by atoms with van der Waals surface area (Å²) in [5, 5.41) is 5.69. The van der Waals surface area contributed by atoms with E-state index < -0.39 is 0 Å². The maximum atomic E-state index is 12.2. The molecule has 1 unspecified atom stereocenters. The largest absolute Gasteiger partial charge is 0.352 e. The average molecular weight is 311 g/mol. The van der Waals surface area contributed by atoms with Gasteiger partial charge in [-0.2, -0.15) is 0 Å². The first kappa shape index (κ1) is 16.7. The van der Waals surface area contributed by atoms with Crippen LogP contribution in [0.1, 0.15) is 36.1 Å². The number of nitrogens with one attached hydrogen (secondary N) is 2. The topological polar surface area (TPSA) is 71.1 Å². The van der Waals surface area contributed by atoms with Gasteiger partial charge in [0.1, 0.15) is 0 Å². The summed E-state index contributed by atoms with van der Waals surface area (Å²) in [5.41, 5.74) is 2.99.